The van der Waals surface area contributed by atoms with Crippen LogP contribution in [0.5, 0.6) is 5.75 Å². The maximum absolute atomic E-state index is 12.2. The van der Waals surface area contributed by atoms with Crippen LogP contribution in [0, 0.1) is 7.14 Å². The zero-order chi connectivity index (χ0) is 20.8. The van der Waals surface area contributed by atoms with Gasteiger partial charge in [0.1, 0.15) is 12.4 Å². The quantitative estimate of drug-likeness (QED) is 0.164. The minimum atomic E-state index is -0.358. The van der Waals surface area contributed by atoms with Gasteiger partial charge in [0.2, 0.25) is 0 Å². The van der Waals surface area contributed by atoms with Gasteiger partial charge in [0, 0.05) is 16.3 Å². The number of nitrogens with zero attached hydrogens (tertiary/aromatic N) is 1. The fourth-order valence-electron chi connectivity index (χ4n) is 2.49. The summed E-state index contributed by atoms with van der Waals surface area (Å²) < 4.78 is 7.84. The van der Waals surface area contributed by atoms with E-state index in [-0.39, 0.29) is 5.91 Å². The predicted molar refractivity (Wildman–Crippen MR) is 134 cm³/mol. The molecule has 0 radical (unpaired) electrons. The summed E-state index contributed by atoms with van der Waals surface area (Å²) in [5, 5.41) is 4.71. The van der Waals surface area contributed by atoms with Crippen molar-refractivity contribution in [1.29, 1.82) is 0 Å². The second-order valence-corrected chi connectivity index (χ2v) is 8.71. The van der Waals surface area contributed by atoms with E-state index in [1.165, 1.54) is 0 Å². The van der Waals surface area contributed by atoms with E-state index in [1.807, 2.05) is 36.4 Å². The molecule has 8 heteroatoms. The number of amides is 1. The summed E-state index contributed by atoms with van der Waals surface area (Å²) in [6.45, 7) is 0.383. The molecule has 3 N–H and O–H groups in total. The zero-order valence-electron chi connectivity index (χ0n) is 15.0. The Bertz CT molecular complexity index is 1050. The van der Waals surface area contributed by atoms with Crippen molar-refractivity contribution in [3.05, 3.63) is 89.5 Å². The molecule has 0 aliphatic heterocycles. The number of rotatable bonds is 6. The van der Waals surface area contributed by atoms with E-state index >= 15 is 0 Å². The third-order valence-electron chi connectivity index (χ3n) is 3.94. The van der Waals surface area contributed by atoms with Gasteiger partial charge >= 0.3 is 0 Å². The number of carbonyl (C=O) groups excluding carboxylic acids is 1. The molecule has 0 saturated carbocycles. The molecule has 0 aromatic heterocycles. The van der Waals surface area contributed by atoms with E-state index in [1.54, 1.807) is 30.5 Å². The first-order valence-electron chi connectivity index (χ1n) is 8.49. The zero-order valence-corrected chi connectivity index (χ0v) is 20.1. The van der Waals surface area contributed by atoms with Crippen LogP contribution in [-0.4, -0.2) is 12.1 Å². The second kappa shape index (κ2) is 10.3. The van der Waals surface area contributed by atoms with Crippen LogP contribution in [-0.2, 0) is 6.61 Å². The molecular weight excluding hydrogens is 616 g/mol. The van der Waals surface area contributed by atoms with Crippen LogP contribution in [0.2, 0.25) is 5.02 Å². The van der Waals surface area contributed by atoms with Crippen molar-refractivity contribution in [3.8, 4) is 5.75 Å². The number of ether oxygens (including phenoxy) is 1. The van der Waals surface area contributed by atoms with E-state index < -0.39 is 0 Å². The third-order valence-corrected chi connectivity index (χ3v) is 5.91. The summed E-state index contributed by atoms with van der Waals surface area (Å²) in [5.74, 6) is 0.424. The van der Waals surface area contributed by atoms with E-state index in [2.05, 4.69) is 55.7 Å². The Morgan fingerprint density at radius 2 is 1.76 bits per heavy atom. The van der Waals surface area contributed by atoms with Crippen LogP contribution in [0.4, 0.5) is 5.69 Å². The molecule has 3 aromatic carbocycles. The van der Waals surface area contributed by atoms with Crippen molar-refractivity contribution in [1.82, 2.24) is 5.43 Å². The molecule has 0 fully saturated rings. The Hall–Kier alpha value is -1.85. The summed E-state index contributed by atoms with van der Waals surface area (Å²) in [6, 6.07) is 18.3. The fourth-order valence-corrected chi connectivity index (χ4v) is 4.80. The lowest BCUT2D eigenvalue weighted by Gasteiger charge is -2.12. The molecule has 0 aliphatic rings. The van der Waals surface area contributed by atoms with Crippen molar-refractivity contribution >= 4 is 74.6 Å². The average molecular weight is 632 g/mol. The number of halogens is 3. The lowest BCUT2D eigenvalue weighted by molar-refractivity contribution is 0.0956. The molecule has 0 spiro atoms. The Labute approximate surface area is 200 Å². The largest absolute Gasteiger partial charge is 0.487 e. The molecule has 0 unspecified atom stereocenters. The van der Waals surface area contributed by atoms with Gasteiger partial charge in [0.25, 0.3) is 5.91 Å². The first-order valence-corrected chi connectivity index (χ1v) is 11.0. The topological polar surface area (TPSA) is 76.7 Å². The number of benzene rings is 3. The molecule has 0 atom stereocenters. The Morgan fingerprint density at radius 3 is 2.45 bits per heavy atom. The monoisotopic (exact) mass is 631 g/mol. The van der Waals surface area contributed by atoms with Crippen molar-refractivity contribution in [2.75, 3.05) is 5.73 Å². The van der Waals surface area contributed by atoms with Crippen LogP contribution in [0.25, 0.3) is 0 Å². The van der Waals surface area contributed by atoms with Gasteiger partial charge in [-0.25, -0.2) is 5.43 Å². The van der Waals surface area contributed by atoms with E-state index in [9.17, 15) is 4.79 Å². The van der Waals surface area contributed by atoms with E-state index in [0.29, 0.717) is 22.9 Å². The lowest BCUT2D eigenvalue weighted by atomic mass is 10.2. The molecule has 0 aliphatic carbocycles. The fraction of sp³-hybridized carbons (Fsp3) is 0.0476. The highest BCUT2D eigenvalue weighted by molar-refractivity contribution is 14.1. The number of anilines is 1. The first kappa shape index (κ1) is 21.8. The first-order chi connectivity index (χ1) is 14.0. The van der Waals surface area contributed by atoms with Crippen LogP contribution in [0.3, 0.4) is 0 Å². The number of carbonyl (C=O) groups is 1. The van der Waals surface area contributed by atoms with E-state index in [0.717, 1.165) is 24.0 Å². The molecule has 0 bridgehead atoms. The molecule has 1 amide bonds. The summed E-state index contributed by atoms with van der Waals surface area (Å²) in [5.41, 5.74) is 10.9. The highest BCUT2D eigenvalue weighted by Gasteiger charge is 2.10. The molecule has 0 saturated heterocycles. The summed E-state index contributed by atoms with van der Waals surface area (Å²) in [4.78, 5) is 12.2. The number of nitrogens with two attached hydrogens (primary N) is 1. The number of nitrogens with one attached hydrogen (secondary N) is 1. The smallest absolute Gasteiger partial charge is 0.273 e. The standard InChI is InChI=1S/C21H16ClI2N3O2/c22-16-7-3-1-5-14(16)12-29-20-17(23)9-13(10-18(20)24)11-26-27-21(28)15-6-2-4-8-19(15)25/h1-11H,12,25H2,(H,27,28)/b26-11-. The Balaban J connectivity index is 1.67. The van der Waals surface area contributed by atoms with Crippen LogP contribution >= 0.6 is 56.8 Å². The highest BCUT2D eigenvalue weighted by atomic mass is 127. The molecule has 29 heavy (non-hydrogen) atoms. The third kappa shape index (κ3) is 5.83. The van der Waals surface area contributed by atoms with Gasteiger partial charge in [-0.3, -0.25) is 4.79 Å². The van der Waals surface area contributed by atoms with Crippen LogP contribution < -0.4 is 15.9 Å². The van der Waals surface area contributed by atoms with Crippen LogP contribution in [0.1, 0.15) is 21.5 Å². The summed E-state index contributed by atoms with van der Waals surface area (Å²) in [6.07, 6.45) is 1.58. The minimum Gasteiger partial charge on any atom is -0.487 e. The molecular formula is C21H16ClI2N3O2. The van der Waals surface area contributed by atoms with Crippen molar-refractivity contribution < 1.29 is 9.53 Å². The molecule has 3 rings (SSSR count). The predicted octanol–water partition coefficient (Wildman–Crippen LogP) is 5.47. The molecule has 3 aromatic rings. The molecule has 5 nitrogen and oxygen atoms in total. The highest BCUT2D eigenvalue weighted by Crippen LogP contribution is 2.30. The Morgan fingerprint density at radius 1 is 1.10 bits per heavy atom. The van der Waals surface area contributed by atoms with Gasteiger partial charge in [0.15, 0.2) is 0 Å². The second-order valence-electron chi connectivity index (χ2n) is 5.98. The van der Waals surface area contributed by atoms with Gasteiger partial charge in [-0.1, -0.05) is 41.9 Å². The van der Waals surface area contributed by atoms with Gasteiger partial charge in [-0.05, 0) is 81.1 Å². The lowest BCUT2D eigenvalue weighted by Crippen LogP contribution is -2.19. The number of hydrazone groups is 1. The molecule has 148 valence electrons. The average Bonchev–Trinajstić information content (AvgIpc) is 2.69. The number of hydrogen-bond donors (Lipinski definition) is 2. The maximum Gasteiger partial charge on any atom is 0.273 e. The van der Waals surface area contributed by atoms with Crippen molar-refractivity contribution in [2.24, 2.45) is 5.10 Å². The SMILES string of the molecule is Nc1ccccc1C(=O)N/N=C\c1cc(I)c(OCc2ccccc2Cl)c(I)c1. The van der Waals surface area contributed by atoms with Gasteiger partial charge in [-0.15, -0.1) is 0 Å². The van der Waals surface area contributed by atoms with Crippen molar-refractivity contribution in [2.45, 2.75) is 6.61 Å². The van der Waals surface area contributed by atoms with E-state index in [4.69, 9.17) is 22.1 Å². The Kier molecular flexibility index (Phi) is 7.73. The summed E-state index contributed by atoms with van der Waals surface area (Å²) >= 11 is 10.6. The van der Waals surface area contributed by atoms with Gasteiger partial charge < -0.3 is 10.5 Å². The summed E-state index contributed by atoms with van der Waals surface area (Å²) in [7, 11) is 0. The van der Waals surface area contributed by atoms with Crippen LogP contribution in [0.15, 0.2) is 65.8 Å². The van der Waals surface area contributed by atoms with Gasteiger partial charge in [0.05, 0.1) is 18.9 Å². The van der Waals surface area contributed by atoms with Crippen molar-refractivity contribution in [3.63, 3.8) is 0 Å². The number of nitrogen functional groups attached to an aromatic ring is 1. The number of para-hydroxylation sites is 1. The maximum atomic E-state index is 12.2. The normalized spacial score (nSPS) is 10.9. The van der Waals surface area contributed by atoms with Gasteiger partial charge in [-0.2, -0.15) is 5.10 Å². The minimum absolute atomic E-state index is 0.358. The molecule has 0 heterocycles. The number of hydrogen-bond acceptors (Lipinski definition) is 4.